The van der Waals surface area contributed by atoms with Gasteiger partial charge < -0.3 is 68.1 Å². The molecular formula is C45H55B2N9O12P2S4. The fourth-order valence-electron chi connectivity index (χ4n) is 11.2. The van der Waals surface area contributed by atoms with Gasteiger partial charge in [-0.2, -0.15) is 0 Å². The molecule has 4 N–H and O–H groups in total. The smallest absolute Gasteiger partial charge is 0.365 e. The highest BCUT2D eigenvalue weighted by Gasteiger charge is 2.62. The Morgan fingerprint density at radius 3 is 1.66 bits per heavy atom. The minimum absolute atomic E-state index is 0.00180. The lowest BCUT2D eigenvalue weighted by Gasteiger charge is -2.47. The first kappa shape index (κ1) is 56.3. The quantitative estimate of drug-likeness (QED) is 0.133. The van der Waals surface area contributed by atoms with Crippen molar-refractivity contribution < 1.29 is 63.1 Å². The molecule has 10 heterocycles. The van der Waals surface area contributed by atoms with Crippen LogP contribution in [0.1, 0.15) is 69.6 Å². The molecule has 0 saturated carbocycles. The molecule has 29 heteroatoms. The molecule has 3 fully saturated rings. The monoisotopic (exact) mass is 1130 g/mol. The number of carbonyl (C=O) groups excluding carboxylic acids is 6. The molecule has 0 aromatic carbocycles. The molecule has 0 bridgehead atoms. The standard InChI is InChI=1S/C17H20BN4O4PS2.C17H21N3O4S2.C11H14BN2O4P/c1-7-12-11(8(2)23)15(24)22(12)13(16(25)26-27-20-18)14(7)29-17-19-9-4-5-21(3)6-10(9)28-17;1-7-12-11(8(2)21)15(22)20(12)13(16(23)24)14(7)26-17-18-9-4-5-19(3)6-10(9)25-17;1-4-5(2)9(11(17)18-19-13-12)14-8(4)7(6(3)15)10(14)16/h7-8,11-12,23H,4-6H2,1-3H3;7-8,11-12,21H,4-6H2,1-3H3,(H,23,24);4,6-8,15H,1-3H3/t2*7-,8-,11-,12-;4-,6+,7+,8+/m110/s1. The molecule has 392 valence electrons. The highest BCUT2D eigenvalue weighted by molar-refractivity contribution is 8.05. The summed E-state index contributed by atoms with van der Waals surface area (Å²) in [5, 5.41) is 41.3. The van der Waals surface area contributed by atoms with Crippen LogP contribution in [0.15, 0.2) is 50.5 Å². The molecule has 13 atom stereocenters. The summed E-state index contributed by atoms with van der Waals surface area (Å²) in [6.45, 7) is 16.2. The van der Waals surface area contributed by atoms with E-state index in [1.165, 1.54) is 52.9 Å². The summed E-state index contributed by atoms with van der Waals surface area (Å²) in [5.41, 5.74) is 3.42. The second-order valence-electron chi connectivity index (χ2n) is 19.7. The Balaban J connectivity index is 0.000000151. The van der Waals surface area contributed by atoms with Gasteiger partial charge >= 0.3 is 11.9 Å². The lowest BCUT2D eigenvalue weighted by atomic mass is 9.78. The van der Waals surface area contributed by atoms with E-state index in [-0.39, 0.29) is 87.9 Å². The molecule has 1 unspecified atom stereocenters. The molecule has 8 aliphatic rings. The van der Waals surface area contributed by atoms with E-state index >= 15 is 0 Å². The number of fused-ring (bicyclic) bond motifs is 5. The second kappa shape index (κ2) is 22.6. The molecule has 3 saturated heterocycles. The number of quaternary nitrogens is 1. The molecule has 21 nitrogen and oxygen atoms in total. The Morgan fingerprint density at radius 2 is 1.18 bits per heavy atom. The van der Waals surface area contributed by atoms with Crippen LogP contribution in [0.4, 0.5) is 0 Å². The van der Waals surface area contributed by atoms with Crippen LogP contribution >= 0.6 is 63.4 Å². The lowest BCUT2D eigenvalue weighted by molar-refractivity contribution is -0.895. The van der Waals surface area contributed by atoms with Gasteiger partial charge in [0.05, 0.1) is 95.7 Å². The molecule has 10 rings (SSSR count). The normalized spacial score (nSPS) is 30.1. The summed E-state index contributed by atoms with van der Waals surface area (Å²) >= 11 is 5.97. The van der Waals surface area contributed by atoms with E-state index in [9.17, 15) is 49.2 Å². The third-order valence-corrected chi connectivity index (χ3v) is 20.5. The number of hydrogen-bond acceptors (Lipinski definition) is 21. The van der Waals surface area contributed by atoms with Gasteiger partial charge in [-0.25, -0.2) is 19.6 Å². The predicted octanol–water partition coefficient (Wildman–Crippen LogP) is 1.38. The number of nitrogens with one attached hydrogen (secondary N) is 1. The van der Waals surface area contributed by atoms with Gasteiger partial charge in [0.25, 0.3) is 16.0 Å². The van der Waals surface area contributed by atoms with Crippen molar-refractivity contribution >= 4 is 115 Å². The van der Waals surface area contributed by atoms with Crippen molar-refractivity contribution in [3.8, 4) is 0 Å². The molecule has 0 aliphatic carbocycles. The van der Waals surface area contributed by atoms with E-state index in [4.69, 9.17) is 30.0 Å². The number of hydrogen-bond donors (Lipinski definition) is 4. The number of aromatic nitrogens is 2. The van der Waals surface area contributed by atoms with Crippen molar-refractivity contribution in [1.29, 1.82) is 0 Å². The van der Waals surface area contributed by atoms with Crippen LogP contribution < -0.4 is 10.0 Å². The minimum Gasteiger partial charge on any atom is -0.543 e. The Hall–Kier alpha value is -3.87. The zero-order chi connectivity index (χ0) is 53.9. The minimum atomic E-state index is -1.34. The van der Waals surface area contributed by atoms with Crippen molar-refractivity contribution in [3.63, 3.8) is 0 Å². The number of carbonyl (C=O) groups is 6. The summed E-state index contributed by atoms with van der Waals surface area (Å²) < 4.78 is 18.0. The van der Waals surface area contributed by atoms with Gasteiger partial charge in [0, 0.05) is 58.4 Å². The fraction of sp³-hybridized carbons (Fsp3) is 0.600. The summed E-state index contributed by atoms with van der Waals surface area (Å²) in [4.78, 5) is 94.6. The lowest BCUT2D eigenvalue weighted by Crippen LogP contribution is -3.08. The highest BCUT2D eigenvalue weighted by atomic mass is 32.2. The first-order valence-electron chi connectivity index (χ1n) is 23.9. The molecular weight excluding hydrogens is 1070 g/mol. The summed E-state index contributed by atoms with van der Waals surface area (Å²) in [6.07, 6.45) is -0.480. The second-order valence-corrected chi connectivity index (χ2v) is 25.6. The summed E-state index contributed by atoms with van der Waals surface area (Å²) in [5.74, 6) is -5.23. The number of aliphatic hydroxyl groups excluding tert-OH is 3. The number of likely N-dealkylation sites (N-methyl/N-ethyl adjacent to an activating group) is 2. The molecule has 2 aromatic rings. The fourth-order valence-corrected chi connectivity index (χ4v) is 16.9. The van der Waals surface area contributed by atoms with Gasteiger partial charge in [-0.1, -0.05) is 44.3 Å². The maximum Gasteiger partial charge on any atom is 0.365 e. The first-order chi connectivity index (χ1) is 35.0. The number of nitrogens with zero attached hydrogens (tertiary/aromatic N) is 8. The Kier molecular flexibility index (Phi) is 17.2. The van der Waals surface area contributed by atoms with Crippen molar-refractivity contribution in [2.75, 3.05) is 27.2 Å². The van der Waals surface area contributed by atoms with Crippen LogP contribution in [0.25, 0.3) is 0 Å². The maximum atomic E-state index is 12.7. The zero-order valence-corrected chi connectivity index (χ0v) is 47.0. The van der Waals surface area contributed by atoms with E-state index in [1.807, 2.05) is 20.8 Å². The van der Waals surface area contributed by atoms with Crippen LogP contribution in [-0.2, 0) is 63.7 Å². The average molecular weight is 1130 g/mol. The molecule has 3 amide bonds. The topological polar surface area (TPSA) is 273 Å². The van der Waals surface area contributed by atoms with Crippen LogP contribution in [0.2, 0.25) is 0 Å². The number of rotatable bonds is 12. The Bertz CT molecular complexity index is 2810. The highest BCUT2D eigenvalue weighted by Crippen LogP contribution is 2.55. The van der Waals surface area contributed by atoms with Crippen LogP contribution in [0.3, 0.4) is 0 Å². The molecule has 0 spiro atoms. The number of aliphatic hydroxyl groups is 3. The van der Waals surface area contributed by atoms with Gasteiger partial charge in [-0.05, 0) is 40.3 Å². The predicted molar refractivity (Wildman–Crippen MR) is 274 cm³/mol. The average Bonchev–Trinajstić information content (AvgIpc) is 4.10. The molecule has 74 heavy (non-hydrogen) atoms. The van der Waals surface area contributed by atoms with Crippen LogP contribution in [0.5, 0.6) is 0 Å². The van der Waals surface area contributed by atoms with E-state index in [2.05, 4.69) is 33.3 Å². The number of amides is 3. The van der Waals surface area contributed by atoms with Crippen molar-refractivity contribution in [1.82, 2.24) is 29.6 Å². The summed E-state index contributed by atoms with van der Waals surface area (Å²) in [6, 6.07) is -0.746. The van der Waals surface area contributed by atoms with Gasteiger partial charge in [0.1, 0.15) is 17.9 Å². The van der Waals surface area contributed by atoms with Crippen molar-refractivity contribution in [2.45, 2.75) is 120 Å². The SMILES string of the molecule is C[C@@H](O)[C@H]1C(=O)N2C(C(=O)[O-])=C(Sc3nc4c(s3)C[NH+](C)CC4)[C@H](C)[C@H]12.[B]N=POC(=O)C1=C(C)[C@H](C)[C@@H]2[C@@H]([C@@H](C)O)C(=O)N12.[B]N=POC(=O)C1=C(Sc2nc3c(s2)CN(C)CC3)[C@H](C)[C@@H]2[C@@H]([C@@H](C)O)C(=O)N12. The van der Waals surface area contributed by atoms with Crippen molar-refractivity contribution in [3.05, 3.63) is 53.6 Å². The van der Waals surface area contributed by atoms with Crippen LogP contribution in [0, 0.1) is 35.5 Å². The molecule has 2 aromatic heterocycles. The maximum absolute atomic E-state index is 12.7. The number of β-lactam (4-membered cyclic amide) rings is 3. The first-order valence-corrected chi connectivity index (χ1v) is 28.7. The third-order valence-electron chi connectivity index (χ3n) is 15.0. The zero-order valence-electron chi connectivity index (χ0n) is 41.9. The van der Waals surface area contributed by atoms with E-state index in [1.54, 1.807) is 50.4 Å². The Morgan fingerprint density at radius 1 is 0.743 bits per heavy atom. The third kappa shape index (κ3) is 10.1. The van der Waals surface area contributed by atoms with Gasteiger partial charge in [0.15, 0.2) is 8.68 Å². The number of thiazole rings is 2. The van der Waals surface area contributed by atoms with Gasteiger partial charge in [-0.3, -0.25) is 14.4 Å². The van der Waals surface area contributed by atoms with E-state index < -0.39 is 54.0 Å². The van der Waals surface area contributed by atoms with E-state index in [0.29, 0.717) is 4.91 Å². The number of carboxylic acids is 1. The molecule has 4 radical (unpaired) electrons. The van der Waals surface area contributed by atoms with Crippen molar-refractivity contribution in [2.24, 2.45) is 44.8 Å². The van der Waals surface area contributed by atoms with Gasteiger partial charge in [0.2, 0.25) is 34.9 Å². The van der Waals surface area contributed by atoms with Gasteiger partial charge in [-0.15, -0.1) is 22.7 Å². The number of carboxylic acid groups (broad SMARTS) is 1. The van der Waals surface area contributed by atoms with E-state index in [0.717, 1.165) is 69.6 Å². The summed E-state index contributed by atoms with van der Waals surface area (Å²) in [7, 11) is 14.2. The largest absolute Gasteiger partial charge is 0.543 e. The molecule has 8 aliphatic heterocycles. The van der Waals surface area contributed by atoms with Crippen LogP contribution in [-0.4, -0.2) is 160 Å². The number of aliphatic carboxylic acids is 1. The number of thioether (sulfide) groups is 2. The Labute approximate surface area is 450 Å².